The first-order valence-electron chi connectivity index (χ1n) is 4.33. The summed E-state index contributed by atoms with van der Waals surface area (Å²) < 4.78 is 19.1. The molecule has 0 unspecified atom stereocenters. The lowest BCUT2D eigenvalue weighted by Gasteiger charge is -2.22. The second-order valence-corrected chi connectivity index (χ2v) is 4.67. The van der Waals surface area contributed by atoms with Gasteiger partial charge in [-0.2, -0.15) is 0 Å². The summed E-state index contributed by atoms with van der Waals surface area (Å²) in [6.45, 7) is 3.31. The first-order chi connectivity index (χ1) is 6.79. The van der Waals surface area contributed by atoms with Gasteiger partial charge in [-0.3, -0.25) is 0 Å². The van der Waals surface area contributed by atoms with Crippen LogP contribution < -0.4 is 10.5 Å². The fourth-order valence-electron chi connectivity index (χ4n) is 1.33. The van der Waals surface area contributed by atoms with E-state index < -0.39 is 17.1 Å². The molecule has 5 heteroatoms. The van der Waals surface area contributed by atoms with Gasteiger partial charge in [0.05, 0.1) is 7.11 Å². The Kier molecular flexibility index (Phi) is 3.25. The van der Waals surface area contributed by atoms with Crippen molar-refractivity contribution >= 4 is 15.9 Å². The molecule has 1 aromatic carbocycles. The first kappa shape index (κ1) is 12.3. The summed E-state index contributed by atoms with van der Waals surface area (Å²) in [4.78, 5) is 0. The minimum Gasteiger partial charge on any atom is -0.502 e. The van der Waals surface area contributed by atoms with E-state index in [0.717, 1.165) is 0 Å². The maximum absolute atomic E-state index is 13.8. The van der Waals surface area contributed by atoms with Gasteiger partial charge >= 0.3 is 0 Å². The molecule has 84 valence electrons. The average Bonchev–Trinajstić information content (AvgIpc) is 2.09. The monoisotopic (exact) mass is 277 g/mol. The van der Waals surface area contributed by atoms with E-state index in [2.05, 4.69) is 15.9 Å². The Balaban J connectivity index is 3.50. The van der Waals surface area contributed by atoms with E-state index in [9.17, 15) is 9.50 Å². The Morgan fingerprint density at radius 3 is 2.47 bits per heavy atom. The Hall–Kier alpha value is -0.810. The van der Waals surface area contributed by atoms with Gasteiger partial charge in [0.1, 0.15) is 0 Å². The van der Waals surface area contributed by atoms with Crippen LogP contribution in [0.15, 0.2) is 10.5 Å². The minimum atomic E-state index is -0.882. The number of aromatic hydroxyl groups is 1. The van der Waals surface area contributed by atoms with E-state index in [1.807, 2.05) is 0 Å². The predicted octanol–water partition coefficient (Wildman–Crippen LogP) is 2.50. The van der Waals surface area contributed by atoms with Crippen LogP contribution in [-0.2, 0) is 5.54 Å². The van der Waals surface area contributed by atoms with E-state index in [-0.39, 0.29) is 11.3 Å². The van der Waals surface area contributed by atoms with Gasteiger partial charge in [0.25, 0.3) is 0 Å². The molecular formula is C10H13BrFNO2. The number of halogens is 2. The molecule has 0 saturated heterocycles. The zero-order valence-electron chi connectivity index (χ0n) is 8.77. The molecule has 0 aromatic heterocycles. The highest BCUT2D eigenvalue weighted by Crippen LogP contribution is 2.39. The number of ether oxygens (including phenoxy) is 1. The third-order valence-corrected chi connectivity index (χ3v) is 2.65. The maximum Gasteiger partial charge on any atom is 0.194 e. The fourth-order valence-corrected chi connectivity index (χ4v) is 2.23. The van der Waals surface area contributed by atoms with Crippen LogP contribution in [0.25, 0.3) is 0 Å². The molecule has 0 spiro atoms. The van der Waals surface area contributed by atoms with Gasteiger partial charge in [-0.1, -0.05) is 15.9 Å². The quantitative estimate of drug-likeness (QED) is 0.873. The van der Waals surface area contributed by atoms with Crippen LogP contribution in [0, 0.1) is 5.82 Å². The van der Waals surface area contributed by atoms with Crippen molar-refractivity contribution in [3.63, 3.8) is 0 Å². The van der Waals surface area contributed by atoms with E-state index in [4.69, 9.17) is 10.5 Å². The van der Waals surface area contributed by atoms with Crippen molar-refractivity contribution in [1.82, 2.24) is 0 Å². The molecule has 0 aliphatic heterocycles. The lowest BCUT2D eigenvalue weighted by molar-refractivity contribution is 0.350. The summed E-state index contributed by atoms with van der Waals surface area (Å²) in [5.74, 6) is -1.20. The zero-order valence-corrected chi connectivity index (χ0v) is 10.4. The molecule has 0 atom stereocenters. The van der Waals surface area contributed by atoms with Gasteiger partial charge in [-0.05, 0) is 19.9 Å². The third-order valence-electron chi connectivity index (χ3n) is 2.02. The van der Waals surface area contributed by atoms with Gasteiger partial charge in [0.2, 0.25) is 0 Å². The average molecular weight is 278 g/mol. The lowest BCUT2D eigenvalue weighted by atomic mass is 9.94. The summed E-state index contributed by atoms with van der Waals surface area (Å²) in [6.07, 6.45) is 0. The van der Waals surface area contributed by atoms with E-state index in [1.165, 1.54) is 13.2 Å². The molecule has 0 amide bonds. The highest BCUT2D eigenvalue weighted by atomic mass is 79.9. The number of methoxy groups -OCH3 is 1. The van der Waals surface area contributed by atoms with Crippen molar-refractivity contribution < 1.29 is 14.2 Å². The van der Waals surface area contributed by atoms with Crippen LogP contribution in [0.3, 0.4) is 0 Å². The second-order valence-electron chi connectivity index (χ2n) is 3.82. The summed E-state index contributed by atoms with van der Waals surface area (Å²) in [6, 6.07) is 1.49. The third kappa shape index (κ3) is 2.23. The summed E-state index contributed by atoms with van der Waals surface area (Å²) in [5.41, 5.74) is 5.14. The SMILES string of the molecule is COc1cc(Br)c(C(C)(C)N)c(F)c1O. The maximum atomic E-state index is 13.8. The minimum absolute atomic E-state index is 0.0763. The number of benzene rings is 1. The molecule has 0 radical (unpaired) electrons. The van der Waals surface area contributed by atoms with Crippen LogP contribution in [-0.4, -0.2) is 12.2 Å². The highest BCUT2D eigenvalue weighted by Gasteiger charge is 2.26. The molecule has 0 bridgehead atoms. The summed E-state index contributed by atoms with van der Waals surface area (Å²) in [5, 5.41) is 9.49. The van der Waals surface area contributed by atoms with Crippen LogP contribution in [0.5, 0.6) is 11.5 Å². The number of hydrogen-bond acceptors (Lipinski definition) is 3. The Morgan fingerprint density at radius 2 is 2.07 bits per heavy atom. The molecule has 0 saturated carbocycles. The largest absolute Gasteiger partial charge is 0.502 e. The Labute approximate surface area is 96.2 Å². The van der Waals surface area contributed by atoms with Crippen LogP contribution in [0.4, 0.5) is 4.39 Å². The van der Waals surface area contributed by atoms with Crippen molar-refractivity contribution in [3.8, 4) is 11.5 Å². The standard InChI is InChI=1S/C10H13BrFNO2/c1-10(2,13)7-5(11)4-6(15-3)9(14)8(7)12/h4,14H,13H2,1-3H3. The molecule has 3 nitrogen and oxygen atoms in total. The summed E-state index contributed by atoms with van der Waals surface area (Å²) in [7, 11) is 1.36. The van der Waals surface area contributed by atoms with E-state index in [0.29, 0.717) is 4.47 Å². The Morgan fingerprint density at radius 1 is 1.53 bits per heavy atom. The van der Waals surface area contributed by atoms with Crippen molar-refractivity contribution in [2.24, 2.45) is 5.73 Å². The first-order valence-corrected chi connectivity index (χ1v) is 5.12. The van der Waals surface area contributed by atoms with Crippen LogP contribution in [0.1, 0.15) is 19.4 Å². The van der Waals surface area contributed by atoms with Crippen molar-refractivity contribution in [2.75, 3.05) is 7.11 Å². The Bertz CT molecular complexity index is 388. The second kappa shape index (κ2) is 3.98. The fraction of sp³-hybridized carbons (Fsp3) is 0.400. The van der Waals surface area contributed by atoms with Gasteiger partial charge in [0, 0.05) is 15.6 Å². The molecule has 15 heavy (non-hydrogen) atoms. The molecule has 0 fully saturated rings. The zero-order chi connectivity index (χ0) is 11.8. The molecular weight excluding hydrogens is 265 g/mol. The molecule has 3 N–H and O–H groups in total. The van der Waals surface area contributed by atoms with Crippen molar-refractivity contribution in [3.05, 3.63) is 21.9 Å². The lowest BCUT2D eigenvalue weighted by Crippen LogP contribution is -2.30. The molecule has 0 aliphatic carbocycles. The van der Waals surface area contributed by atoms with Gasteiger partial charge in [-0.15, -0.1) is 0 Å². The van der Waals surface area contributed by atoms with Crippen LogP contribution in [0.2, 0.25) is 0 Å². The molecule has 1 aromatic rings. The summed E-state index contributed by atoms with van der Waals surface area (Å²) >= 11 is 3.20. The van der Waals surface area contributed by atoms with Gasteiger partial charge in [-0.25, -0.2) is 4.39 Å². The molecule has 0 heterocycles. The van der Waals surface area contributed by atoms with E-state index in [1.54, 1.807) is 13.8 Å². The van der Waals surface area contributed by atoms with Crippen LogP contribution >= 0.6 is 15.9 Å². The smallest absolute Gasteiger partial charge is 0.194 e. The predicted molar refractivity (Wildman–Crippen MR) is 59.5 cm³/mol. The number of nitrogens with two attached hydrogens (primary N) is 1. The van der Waals surface area contributed by atoms with Crippen molar-refractivity contribution in [2.45, 2.75) is 19.4 Å². The highest BCUT2D eigenvalue weighted by molar-refractivity contribution is 9.10. The molecule has 0 aliphatic rings. The number of phenolic OH excluding ortho intramolecular Hbond substituents is 1. The normalized spacial score (nSPS) is 11.6. The number of hydrogen-bond donors (Lipinski definition) is 2. The number of phenols is 1. The van der Waals surface area contributed by atoms with Gasteiger partial charge < -0.3 is 15.6 Å². The van der Waals surface area contributed by atoms with Gasteiger partial charge in [0.15, 0.2) is 17.3 Å². The van der Waals surface area contributed by atoms with E-state index >= 15 is 0 Å². The van der Waals surface area contributed by atoms with Crippen molar-refractivity contribution in [1.29, 1.82) is 0 Å². The topological polar surface area (TPSA) is 55.5 Å². The number of rotatable bonds is 2. The molecule has 1 rings (SSSR count).